The Balaban J connectivity index is 2.52. The Bertz CT molecular complexity index is 340. The number of carboxylic acids is 1. The highest BCUT2D eigenvalue weighted by Crippen LogP contribution is 2.21. The molecule has 0 radical (unpaired) electrons. The van der Waals surface area contributed by atoms with E-state index in [0.29, 0.717) is 32.0 Å². The molecule has 0 aliphatic carbocycles. The van der Waals surface area contributed by atoms with Gasteiger partial charge in [0.1, 0.15) is 5.54 Å². The van der Waals surface area contributed by atoms with Gasteiger partial charge in [0.05, 0.1) is 0 Å². The first-order valence-corrected chi connectivity index (χ1v) is 7.29. The van der Waals surface area contributed by atoms with E-state index in [9.17, 15) is 14.7 Å². The van der Waals surface area contributed by atoms with E-state index in [0.717, 1.165) is 12.8 Å². The summed E-state index contributed by atoms with van der Waals surface area (Å²) in [7, 11) is 0. The molecule has 1 aliphatic rings. The van der Waals surface area contributed by atoms with Crippen LogP contribution in [0.25, 0.3) is 0 Å². The van der Waals surface area contributed by atoms with Crippen molar-refractivity contribution in [2.75, 3.05) is 13.2 Å². The van der Waals surface area contributed by atoms with Crippen LogP contribution >= 0.6 is 0 Å². The van der Waals surface area contributed by atoms with Gasteiger partial charge in [0.2, 0.25) is 0 Å². The van der Waals surface area contributed by atoms with Crippen molar-refractivity contribution in [3.63, 3.8) is 0 Å². The summed E-state index contributed by atoms with van der Waals surface area (Å²) in [6.45, 7) is 6.89. The monoisotopic (exact) mass is 286 g/mol. The predicted molar refractivity (Wildman–Crippen MR) is 75.6 cm³/mol. The number of hydrogen-bond donors (Lipinski definition) is 3. The first-order chi connectivity index (χ1) is 9.39. The van der Waals surface area contributed by atoms with Crippen LogP contribution in [0.15, 0.2) is 0 Å². The maximum atomic E-state index is 12.0. The molecule has 2 amide bonds. The van der Waals surface area contributed by atoms with Gasteiger partial charge >= 0.3 is 12.0 Å². The number of hydrogen-bond acceptors (Lipinski definition) is 3. The van der Waals surface area contributed by atoms with Gasteiger partial charge in [-0.05, 0) is 19.3 Å². The van der Waals surface area contributed by atoms with E-state index in [1.54, 1.807) is 0 Å². The molecule has 2 unspecified atom stereocenters. The molecule has 2 atom stereocenters. The van der Waals surface area contributed by atoms with Crippen LogP contribution in [0.4, 0.5) is 4.79 Å². The minimum absolute atomic E-state index is 0.0237. The van der Waals surface area contributed by atoms with Gasteiger partial charge in [-0.15, -0.1) is 0 Å². The normalized spacial score (nSPS) is 20.8. The second-order valence-electron chi connectivity index (χ2n) is 5.75. The van der Waals surface area contributed by atoms with Gasteiger partial charge in [-0.25, -0.2) is 9.59 Å². The number of nitrogens with one attached hydrogen (secondary N) is 2. The van der Waals surface area contributed by atoms with E-state index in [4.69, 9.17) is 4.74 Å². The Morgan fingerprint density at radius 1 is 1.30 bits per heavy atom. The minimum Gasteiger partial charge on any atom is -0.480 e. The van der Waals surface area contributed by atoms with Gasteiger partial charge in [-0.1, -0.05) is 20.3 Å². The highest BCUT2D eigenvalue weighted by molar-refractivity contribution is 5.86. The first kappa shape index (κ1) is 16.8. The third-order valence-corrected chi connectivity index (χ3v) is 3.94. The molecule has 1 fully saturated rings. The van der Waals surface area contributed by atoms with Crippen LogP contribution in [-0.2, 0) is 9.53 Å². The van der Waals surface area contributed by atoms with Crippen molar-refractivity contribution in [3.8, 4) is 0 Å². The predicted octanol–water partition coefficient (Wildman–Crippen LogP) is 1.74. The summed E-state index contributed by atoms with van der Waals surface area (Å²) in [4.78, 5) is 23.4. The first-order valence-electron chi connectivity index (χ1n) is 7.29. The molecule has 0 aromatic carbocycles. The summed E-state index contributed by atoms with van der Waals surface area (Å²) >= 11 is 0. The molecule has 1 heterocycles. The molecule has 1 aliphatic heterocycles. The van der Waals surface area contributed by atoms with E-state index < -0.39 is 17.5 Å². The molecule has 6 nitrogen and oxygen atoms in total. The summed E-state index contributed by atoms with van der Waals surface area (Å²) in [5.41, 5.74) is -1.20. The molecule has 1 saturated heterocycles. The van der Waals surface area contributed by atoms with Crippen LogP contribution in [0.5, 0.6) is 0 Å². The molecule has 0 aromatic rings. The topological polar surface area (TPSA) is 87.7 Å². The average Bonchev–Trinajstić information content (AvgIpc) is 2.38. The van der Waals surface area contributed by atoms with E-state index in [1.165, 1.54) is 0 Å². The molecular formula is C14H26N2O4. The Morgan fingerprint density at radius 2 is 1.90 bits per heavy atom. The maximum Gasteiger partial charge on any atom is 0.329 e. The van der Waals surface area contributed by atoms with Crippen molar-refractivity contribution in [1.29, 1.82) is 0 Å². The highest BCUT2D eigenvalue weighted by atomic mass is 16.5. The smallest absolute Gasteiger partial charge is 0.329 e. The maximum absolute atomic E-state index is 12.0. The third-order valence-electron chi connectivity index (χ3n) is 3.94. The van der Waals surface area contributed by atoms with Crippen LogP contribution in [0.3, 0.4) is 0 Å². The summed E-state index contributed by atoms with van der Waals surface area (Å²) < 4.78 is 5.17. The van der Waals surface area contributed by atoms with E-state index >= 15 is 0 Å². The van der Waals surface area contributed by atoms with Crippen molar-refractivity contribution in [3.05, 3.63) is 0 Å². The average molecular weight is 286 g/mol. The molecule has 6 heteroatoms. The standard InChI is InChI=1S/C14H26N2O4/c1-4-10(2)9-11(3)15-13(19)16-14(12(17)18)5-7-20-8-6-14/h10-11H,4-9H2,1-3H3,(H,17,18)(H2,15,16,19). The third kappa shape index (κ3) is 4.67. The van der Waals surface area contributed by atoms with Crippen molar-refractivity contribution in [2.24, 2.45) is 5.92 Å². The summed E-state index contributed by atoms with van der Waals surface area (Å²) in [6.07, 6.45) is 2.54. The minimum atomic E-state index is -1.20. The molecular weight excluding hydrogens is 260 g/mol. The number of carboxylic acid groups (broad SMARTS) is 1. The molecule has 116 valence electrons. The number of ether oxygens (including phenoxy) is 1. The molecule has 1 rings (SSSR count). The summed E-state index contributed by atoms with van der Waals surface area (Å²) in [5, 5.41) is 14.8. The number of amides is 2. The van der Waals surface area contributed by atoms with Crippen LogP contribution < -0.4 is 10.6 Å². The van der Waals surface area contributed by atoms with E-state index in [2.05, 4.69) is 24.5 Å². The molecule has 0 bridgehead atoms. The molecule has 20 heavy (non-hydrogen) atoms. The zero-order valence-corrected chi connectivity index (χ0v) is 12.6. The lowest BCUT2D eigenvalue weighted by Crippen LogP contribution is -2.60. The summed E-state index contributed by atoms with van der Waals surface area (Å²) in [6, 6.07) is -0.388. The molecule has 0 spiro atoms. The Kier molecular flexibility index (Phi) is 6.26. The number of urea groups is 1. The lowest BCUT2D eigenvalue weighted by Gasteiger charge is -2.34. The Labute approximate surface area is 120 Å². The fourth-order valence-electron chi connectivity index (χ4n) is 2.42. The van der Waals surface area contributed by atoms with Crippen molar-refractivity contribution >= 4 is 12.0 Å². The molecule has 0 aromatic heterocycles. The van der Waals surface area contributed by atoms with Gasteiger partial charge in [0.25, 0.3) is 0 Å². The van der Waals surface area contributed by atoms with Gasteiger partial charge in [-0.3, -0.25) is 0 Å². The second-order valence-corrected chi connectivity index (χ2v) is 5.75. The van der Waals surface area contributed by atoms with Gasteiger partial charge < -0.3 is 20.5 Å². The summed E-state index contributed by atoms with van der Waals surface area (Å²) in [5.74, 6) is -0.465. The van der Waals surface area contributed by atoms with Crippen molar-refractivity contribution in [2.45, 2.75) is 58.0 Å². The highest BCUT2D eigenvalue weighted by Gasteiger charge is 2.41. The fraction of sp³-hybridized carbons (Fsp3) is 0.857. The van der Waals surface area contributed by atoms with Gasteiger partial charge in [0, 0.05) is 32.1 Å². The van der Waals surface area contributed by atoms with Crippen LogP contribution in [-0.4, -0.2) is 41.9 Å². The lowest BCUT2D eigenvalue weighted by atomic mass is 9.90. The number of rotatable bonds is 6. The van der Waals surface area contributed by atoms with Crippen molar-refractivity contribution in [1.82, 2.24) is 10.6 Å². The van der Waals surface area contributed by atoms with Crippen LogP contribution in [0.1, 0.15) is 46.5 Å². The second kappa shape index (κ2) is 7.47. The Hall–Kier alpha value is -1.30. The molecule has 0 saturated carbocycles. The number of aliphatic carboxylic acids is 1. The van der Waals surface area contributed by atoms with Crippen LogP contribution in [0, 0.1) is 5.92 Å². The number of carbonyl (C=O) groups excluding carboxylic acids is 1. The van der Waals surface area contributed by atoms with E-state index in [-0.39, 0.29) is 6.04 Å². The van der Waals surface area contributed by atoms with Gasteiger partial charge in [0.15, 0.2) is 0 Å². The molecule has 3 N–H and O–H groups in total. The zero-order valence-electron chi connectivity index (χ0n) is 12.6. The Morgan fingerprint density at radius 3 is 2.40 bits per heavy atom. The number of carbonyl (C=O) groups is 2. The van der Waals surface area contributed by atoms with E-state index in [1.807, 2.05) is 6.92 Å². The SMILES string of the molecule is CCC(C)CC(C)NC(=O)NC1(C(=O)O)CCOCC1. The lowest BCUT2D eigenvalue weighted by molar-refractivity contribution is -0.148. The van der Waals surface area contributed by atoms with Gasteiger partial charge in [-0.2, -0.15) is 0 Å². The fourth-order valence-corrected chi connectivity index (χ4v) is 2.42. The van der Waals surface area contributed by atoms with Crippen molar-refractivity contribution < 1.29 is 19.4 Å². The zero-order chi connectivity index (χ0) is 15.2. The quantitative estimate of drug-likeness (QED) is 0.694. The largest absolute Gasteiger partial charge is 0.480 e. The van der Waals surface area contributed by atoms with Crippen LogP contribution in [0.2, 0.25) is 0 Å².